The summed E-state index contributed by atoms with van der Waals surface area (Å²) in [5.41, 5.74) is 0. The maximum absolute atomic E-state index is 5.79. The Balaban J connectivity index is 1.92. The van der Waals surface area contributed by atoms with Gasteiger partial charge in [0.1, 0.15) is 0 Å². The number of hydrogen-bond acceptors (Lipinski definition) is 2. The molecule has 0 aromatic heterocycles. The van der Waals surface area contributed by atoms with Gasteiger partial charge in [0, 0.05) is 6.61 Å². The predicted octanol–water partition coefficient (Wildman–Crippen LogP) is 2.19. The minimum Gasteiger partial charge on any atom is -0.378 e. The Morgan fingerprint density at radius 1 is 1.31 bits per heavy atom. The molecule has 1 aliphatic rings. The van der Waals surface area contributed by atoms with Crippen LogP contribution in [-0.4, -0.2) is 25.8 Å². The fourth-order valence-electron chi connectivity index (χ4n) is 1.70. The van der Waals surface area contributed by atoms with Crippen LogP contribution in [0.1, 0.15) is 39.5 Å². The molecule has 78 valence electrons. The van der Waals surface area contributed by atoms with Gasteiger partial charge in [0.25, 0.3) is 0 Å². The fourth-order valence-corrected chi connectivity index (χ4v) is 1.70. The van der Waals surface area contributed by atoms with Crippen molar-refractivity contribution in [1.82, 2.24) is 5.32 Å². The van der Waals surface area contributed by atoms with Crippen LogP contribution in [0, 0.1) is 5.92 Å². The third-order valence-electron chi connectivity index (χ3n) is 2.57. The van der Waals surface area contributed by atoms with E-state index in [1.54, 1.807) is 0 Å². The van der Waals surface area contributed by atoms with Crippen molar-refractivity contribution >= 4 is 0 Å². The van der Waals surface area contributed by atoms with Crippen LogP contribution >= 0.6 is 0 Å². The zero-order chi connectivity index (χ0) is 9.52. The van der Waals surface area contributed by atoms with Crippen LogP contribution < -0.4 is 5.32 Å². The Morgan fingerprint density at radius 3 is 2.62 bits per heavy atom. The van der Waals surface area contributed by atoms with Gasteiger partial charge in [-0.25, -0.2) is 0 Å². The Hall–Kier alpha value is -0.0800. The van der Waals surface area contributed by atoms with Crippen molar-refractivity contribution in [2.75, 3.05) is 19.7 Å². The average Bonchev–Trinajstić information content (AvgIpc) is 2.14. The van der Waals surface area contributed by atoms with Crippen molar-refractivity contribution in [3.05, 3.63) is 0 Å². The summed E-state index contributed by atoms with van der Waals surface area (Å²) in [6.07, 6.45) is 5.45. The standard InChI is InChI=1S/C11H23NO/c1-10(2)4-3-9-13-11-5-7-12-8-6-11/h10-12H,3-9H2,1-2H3. The number of hydrogen-bond donors (Lipinski definition) is 1. The van der Waals surface area contributed by atoms with Crippen molar-refractivity contribution in [1.29, 1.82) is 0 Å². The number of rotatable bonds is 5. The molecule has 0 atom stereocenters. The van der Waals surface area contributed by atoms with E-state index in [1.807, 2.05) is 0 Å². The molecule has 13 heavy (non-hydrogen) atoms. The second-order valence-corrected chi connectivity index (χ2v) is 4.36. The molecule has 0 amide bonds. The largest absolute Gasteiger partial charge is 0.378 e. The second kappa shape index (κ2) is 6.39. The molecule has 0 unspecified atom stereocenters. The van der Waals surface area contributed by atoms with E-state index in [0.717, 1.165) is 25.6 Å². The second-order valence-electron chi connectivity index (χ2n) is 4.36. The molecule has 1 rings (SSSR count). The van der Waals surface area contributed by atoms with Crippen LogP contribution in [0.25, 0.3) is 0 Å². The Labute approximate surface area is 82.0 Å². The van der Waals surface area contributed by atoms with Crippen molar-refractivity contribution in [3.8, 4) is 0 Å². The van der Waals surface area contributed by atoms with Gasteiger partial charge in [-0.2, -0.15) is 0 Å². The molecule has 0 aromatic rings. The maximum Gasteiger partial charge on any atom is 0.0599 e. The summed E-state index contributed by atoms with van der Waals surface area (Å²) in [4.78, 5) is 0. The summed E-state index contributed by atoms with van der Waals surface area (Å²) in [5, 5.41) is 3.34. The van der Waals surface area contributed by atoms with Gasteiger partial charge in [0.05, 0.1) is 6.10 Å². The van der Waals surface area contributed by atoms with Crippen LogP contribution in [0.4, 0.5) is 0 Å². The molecule has 1 heterocycles. The molecule has 2 nitrogen and oxygen atoms in total. The van der Waals surface area contributed by atoms with Crippen LogP contribution in [0.2, 0.25) is 0 Å². The van der Waals surface area contributed by atoms with Crippen molar-refractivity contribution in [2.24, 2.45) is 5.92 Å². The van der Waals surface area contributed by atoms with Gasteiger partial charge in [-0.3, -0.25) is 0 Å². The molecular formula is C11H23NO. The van der Waals surface area contributed by atoms with Crippen molar-refractivity contribution in [3.63, 3.8) is 0 Å². The molecule has 2 heteroatoms. The van der Waals surface area contributed by atoms with Gasteiger partial charge in [-0.05, 0) is 44.7 Å². The third kappa shape index (κ3) is 5.27. The van der Waals surface area contributed by atoms with E-state index in [1.165, 1.54) is 25.7 Å². The van der Waals surface area contributed by atoms with Gasteiger partial charge in [0.15, 0.2) is 0 Å². The van der Waals surface area contributed by atoms with E-state index >= 15 is 0 Å². The summed E-state index contributed by atoms with van der Waals surface area (Å²) < 4.78 is 5.79. The summed E-state index contributed by atoms with van der Waals surface area (Å²) >= 11 is 0. The topological polar surface area (TPSA) is 21.3 Å². The zero-order valence-electron chi connectivity index (χ0n) is 9.01. The van der Waals surface area contributed by atoms with Gasteiger partial charge in [-0.1, -0.05) is 13.8 Å². The van der Waals surface area contributed by atoms with Crippen LogP contribution in [0.3, 0.4) is 0 Å². The van der Waals surface area contributed by atoms with E-state index in [9.17, 15) is 0 Å². The quantitative estimate of drug-likeness (QED) is 0.663. The molecule has 0 spiro atoms. The molecule has 0 aromatic carbocycles. The first-order chi connectivity index (χ1) is 6.29. The molecule has 1 N–H and O–H groups in total. The molecule has 0 radical (unpaired) electrons. The van der Waals surface area contributed by atoms with Gasteiger partial charge in [-0.15, -0.1) is 0 Å². The van der Waals surface area contributed by atoms with E-state index < -0.39 is 0 Å². The van der Waals surface area contributed by atoms with Crippen molar-refractivity contribution < 1.29 is 4.74 Å². The minimum absolute atomic E-state index is 0.536. The molecule has 1 saturated heterocycles. The van der Waals surface area contributed by atoms with E-state index in [2.05, 4.69) is 19.2 Å². The predicted molar refractivity (Wildman–Crippen MR) is 55.9 cm³/mol. The molecule has 0 saturated carbocycles. The lowest BCUT2D eigenvalue weighted by Crippen LogP contribution is -2.32. The first-order valence-electron chi connectivity index (χ1n) is 5.61. The SMILES string of the molecule is CC(C)CCCOC1CCNCC1. The highest BCUT2D eigenvalue weighted by atomic mass is 16.5. The number of piperidine rings is 1. The monoisotopic (exact) mass is 185 g/mol. The first-order valence-corrected chi connectivity index (χ1v) is 5.61. The Bertz CT molecular complexity index is 119. The highest BCUT2D eigenvalue weighted by Gasteiger charge is 2.12. The lowest BCUT2D eigenvalue weighted by molar-refractivity contribution is 0.0298. The zero-order valence-corrected chi connectivity index (χ0v) is 9.01. The summed E-state index contributed by atoms with van der Waals surface area (Å²) in [7, 11) is 0. The smallest absolute Gasteiger partial charge is 0.0599 e. The normalized spacial score (nSPS) is 19.6. The maximum atomic E-state index is 5.79. The molecule has 1 fully saturated rings. The van der Waals surface area contributed by atoms with Crippen LogP contribution in [0.5, 0.6) is 0 Å². The number of nitrogens with one attached hydrogen (secondary N) is 1. The number of ether oxygens (including phenoxy) is 1. The summed E-state index contributed by atoms with van der Waals surface area (Å²) in [6.45, 7) is 7.77. The fraction of sp³-hybridized carbons (Fsp3) is 1.00. The van der Waals surface area contributed by atoms with Crippen LogP contribution in [0.15, 0.2) is 0 Å². The lowest BCUT2D eigenvalue weighted by Gasteiger charge is -2.23. The first kappa shape index (κ1) is 11.0. The minimum atomic E-state index is 0.536. The third-order valence-corrected chi connectivity index (χ3v) is 2.57. The molecular weight excluding hydrogens is 162 g/mol. The summed E-state index contributed by atoms with van der Waals surface area (Å²) in [5.74, 6) is 0.816. The average molecular weight is 185 g/mol. The van der Waals surface area contributed by atoms with Gasteiger partial charge >= 0.3 is 0 Å². The lowest BCUT2D eigenvalue weighted by atomic mass is 10.1. The van der Waals surface area contributed by atoms with Crippen molar-refractivity contribution in [2.45, 2.75) is 45.6 Å². The molecule has 1 aliphatic heterocycles. The highest BCUT2D eigenvalue weighted by molar-refractivity contribution is 4.67. The van der Waals surface area contributed by atoms with Gasteiger partial charge < -0.3 is 10.1 Å². The van der Waals surface area contributed by atoms with Crippen LogP contribution in [-0.2, 0) is 4.74 Å². The highest BCUT2D eigenvalue weighted by Crippen LogP contribution is 2.09. The Morgan fingerprint density at radius 2 is 2.00 bits per heavy atom. The van der Waals surface area contributed by atoms with E-state index in [0.29, 0.717) is 6.10 Å². The molecule has 0 bridgehead atoms. The Kier molecular flexibility index (Phi) is 5.40. The van der Waals surface area contributed by atoms with E-state index in [4.69, 9.17) is 4.74 Å². The summed E-state index contributed by atoms with van der Waals surface area (Å²) in [6, 6.07) is 0. The molecule has 0 aliphatic carbocycles. The van der Waals surface area contributed by atoms with E-state index in [-0.39, 0.29) is 0 Å². The van der Waals surface area contributed by atoms with Gasteiger partial charge in [0.2, 0.25) is 0 Å².